The van der Waals surface area contributed by atoms with Crippen molar-refractivity contribution in [3.63, 3.8) is 0 Å². The van der Waals surface area contributed by atoms with E-state index >= 15 is 0 Å². The molecule has 1 aromatic heterocycles. The molecule has 4 heteroatoms. The number of hydrogen-bond acceptors (Lipinski definition) is 2. The second-order valence-electron chi connectivity index (χ2n) is 8.98. The smallest absolute Gasteiger partial charge is 0.263 e. The molecule has 3 atom stereocenters. The first-order chi connectivity index (χ1) is 12.8. The van der Waals surface area contributed by atoms with Crippen LogP contribution in [0.4, 0.5) is 0 Å². The lowest BCUT2D eigenvalue weighted by Crippen LogP contribution is -2.48. The lowest BCUT2D eigenvalue weighted by Gasteiger charge is -2.39. The maximum Gasteiger partial charge on any atom is 0.263 e. The van der Waals surface area contributed by atoms with Crippen molar-refractivity contribution in [1.82, 2.24) is 9.88 Å². The number of carbonyl (C=O) groups is 1. The van der Waals surface area contributed by atoms with Crippen LogP contribution in [0.25, 0.3) is 0 Å². The van der Waals surface area contributed by atoms with Crippen LogP contribution in [0.3, 0.4) is 0 Å². The van der Waals surface area contributed by atoms with E-state index in [1.807, 2.05) is 30.3 Å². The van der Waals surface area contributed by atoms with Crippen LogP contribution in [-0.2, 0) is 6.54 Å². The van der Waals surface area contributed by atoms with Gasteiger partial charge in [-0.15, -0.1) is 0 Å². The molecule has 0 saturated heterocycles. The lowest BCUT2D eigenvalue weighted by molar-refractivity contribution is 0.0824. The quantitative estimate of drug-likeness (QED) is 0.896. The Labute approximate surface area is 160 Å². The standard InChI is InChI=1S/C23H28N2O2/c1-22(2)17-11-12-23(22,3)19(14-17)24-20(26)18-10-7-13-25(21(18)27)15-16-8-5-4-6-9-16/h4-10,13,17,19H,11-12,14-15H2,1-3H3,(H,24,26)/t17-,19-,23-/m0/s1. The summed E-state index contributed by atoms with van der Waals surface area (Å²) < 4.78 is 1.61. The molecule has 2 aromatic rings. The third-order valence-corrected chi connectivity index (χ3v) is 7.56. The largest absolute Gasteiger partial charge is 0.349 e. The summed E-state index contributed by atoms with van der Waals surface area (Å²) in [5.74, 6) is 0.412. The summed E-state index contributed by atoms with van der Waals surface area (Å²) in [5, 5.41) is 3.20. The fourth-order valence-corrected chi connectivity index (χ4v) is 5.27. The van der Waals surface area contributed by atoms with Crippen molar-refractivity contribution in [3.8, 4) is 0 Å². The predicted octanol–water partition coefficient (Wildman–Crippen LogP) is 3.84. The topological polar surface area (TPSA) is 51.1 Å². The second-order valence-corrected chi connectivity index (χ2v) is 8.98. The van der Waals surface area contributed by atoms with E-state index in [1.54, 1.807) is 22.9 Å². The van der Waals surface area contributed by atoms with E-state index in [9.17, 15) is 9.59 Å². The first kappa shape index (κ1) is 18.0. The van der Waals surface area contributed by atoms with E-state index in [0.717, 1.165) is 18.4 Å². The first-order valence-electron chi connectivity index (χ1n) is 9.87. The van der Waals surface area contributed by atoms with Crippen LogP contribution in [0, 0.1) is 16.7 Å². The first-order valence-corrected chi connectivity index (χ1v) is 9.87. The molecule has 142 valence electrons. The number of rotatable bonds is 4. The van der Waals surface area contributed by atoms with Crippen LogP contribution in [-0.4, -0.2) is 16.5 Å². The van der Waals surface area contributed by atoms with Gasteiger partial charge in [0.25, 0.3) is 11.5 Å². The van der Waals surface area contributed by atoms with Crippen LogP contribution >= 0.6 is 0 Å². The van der Waals surface area contributed by atoms with Crippen molar-refractivity contribution in [1.29, 1.82) is 0 Å². The zero-order chi connectivity index (χ0) is 19.2. The second kappa shape index (κ2) is 6.36. The van der Waals surface area contributed by atoms with Gasteiger partial charge in [0, 0.05) is 12.2 Å². The number of amides is 1. The van der Waals surface area contributed by atoms with Crippen molar-refractivity contribution >= 4 is 5.91 Å². The number of benzene rings is 1. The van der Waals surface area contributed by atoms with Crippen LogP contribution < -0.4 is 10.9 Å². The third-order valence-electron chi connectivity index (χ3n) is 7.56. The minimum atomic E-state index is -0.239. The fourth-order valence-electron chi connectivity index (χ4n) is 5.27. The number of nitrogens with zero attached hydrogens (tertiary/aromatic N) is 1. The van der Waals surface area contributed by atoms with Gasteiger partial charge in [-0.1, -0.05) is 51.1 Å². The molecule has 27 heavy (non-hydrogen) atoms. The summed E-state index contributed by atoms with van der Waals surface area (Å²) in [6.07, 6.45) is 5.14. The Kier molecular flexibility index (Phi) is 4.25. The molecule has 2 fully saturated rings. The Balaban J connectivity index is 1.55. The van der Waals surface area contributed by atoms with Crippen molar-refractivity contribution in [2.24, 2.45) is 16.7 Å². The van der Waals surface area contributed by atoms with Gasteiger partial charge >= 0.3 is 0 Å². The molecule has 1 amide bonds. The minimum absolute atomic E-state index is 0.102. The highest BCUT2D eigenvalue weighted by Gasteiger charge is 2.61. The molecule has 1 N–H and O–H groups in total. The maximum atomic E-state index is 12.9. The average molecular weight is 364 g/mol. The van der Waals surface area contributed by atoms with Gasteiger partial charge in [0.1, 0.15) is 5.56 Å². The van der Waals surface area contributed by atoms with Crippen LogP contribution in [0.15, 0.2) is 53.5 Å². The highest BCUT2D eigenvalue weighted by molar-refractivity contribution is 5.94. The molecular formula is C23H28N2O2. The Morgan fingerprint density at radius 1 is 1.15 bits per heavy atom. The predicted molar refractivity (Wildman–Crippen MR) is 107 cm³/mol. The van der Waals surface area contributed by atoms with Gasteiger partial charge in [-0.2, -0.15) is 0 Å². The molecule has 4 nitrogen and oxygen atoms in total. The summed E-state index contributed by atoms with van der Waals surface area (Å²) in [6, 6.07) is 13.4. The summed E-state index contributed by atoms with van der Waals surface area (Å²) >= 11 is 0. The van der Waals surface area contributed by atoms with E-state index in [4.69, 9.17) is 0 Å². The summed E-state index contributed by atoms with van der Waals surface area (Å²) in [4.78, 5) is 25.8. The van der Waals surface area contributed by atoms with E-state index in [-0.39, 0.29) is 33.9 Å². The molecule has 2 saturated carbocycles. The monoisotopic (exact) mass is 364 g/mol. The Morgan fingerprint density at radius 2 is 1.89 bits per heavy atom. The molecule has 2 aliphatic carbocycles. The summed E-state index contributed by atoms with van der Waals surface area (Å²) in [6.45, 7) is 7.42. The van der Waals surface area contributed by atoms with Crippen molar-refractivity contribution < 1.29 is 4.79 Å². The van der Waals surface area contributed by atoms with Gasteiger partial charge in [-0.25, -0.2) is 0 Å². The number of pyridine rings is 1. The van der Waals surface area contributed by atoms with Crippen molar-refractivity contribution in [2.75, 3.05) is 0 Å². The van der Waals surface area contributed by atoms with Gasteiger partial charge in [-0.3, -0.25) is 9.59 Å². The molecule has 0 aliphatic heterocycles. The highest BCUT2D eigenvalue weighted by Crippen LogP contribution is 2.65. The number of hydrogen-bond donors (Lipinski definition) is 1. The number of nitrogens with one attached hydrogen (secondary N) is 1. The zero-order valence-electron chi connectivity index (χ0n) is 16.4. The van der Waals surface area contributed by atoms with Crippen molar-refractivity contribution in [3.05, 3.63) is 70.1 Å². The molecular weight excluding hydrogens is 336 g/mol. The van der Waals surface area contributed by atoms with Crippen LogP contribution in [0.2, 0.25) is 0 Å². The van der Waals surface area contributed by atoms with E-state index < -0.39 is 0 Å². The van der Waals surface area contributed by atoms with Gasteiger partial charge in [0.15, 0.2) is 0 Å². The van der Waals surface area contributed by atoms with Crippen LogP contribution in [0.1, 0.15) is 56.0 Å². The minimum Gasteiger partial charge on any atom is -0.349 e. The maximum absolute atomic E-state index is 12.9. The molecule has 1 heterocycles. The van der Waals surface area contributed by atoms with E-state index in [2.05, 4.69) is 26.1 Å². The number of carbonyl (C=O) groups excluding carboxylic acids is 1. The lowest BCUT2D eigenvalue weighted by atomic mass is 9.69. The van der Waals surface area contributed by atoms with Gasteiger partial charge in [0.2, 0.25) is 0 Å². The summed E-state index contributed by atoms with van der Waals surface area (Å²) in [7, 11) is 0. The number of aromatic nitrogens is 1. The highest BCUT2D eigenvalue weighted by atomic mass is 16.2. The summed E-state index contributed by atoms with van der Waals surface area (Å²) in [5.41, 5.74) is 1.38. The van der Waals surface area contributed by atoms with E-state index in [0.29, 0.717) is 12.5 Å². The van der Waals surface area contributed by atoms with Gasteiger partial charge < -0.3 is 9.88 Å². The van der Waals surface area contributed by atoms with E-state index in [1.165, 1.54) is 6.42 Å². The third kappa shape index (κ3) is 2.82. The molecule has 4 rings (SSSR count). The normalized spacial score (nSPS) is 28.3. The fraction of sp³-hybridized carbons (Fsp3) is 0.478. The Morgan fingerprint density at radius 3 is 2.52 bits per heavy atom. The molecule has 2 bridgehead atoms. The van der Waals surface area contributed by atoms with Gasteiger partial charge in [0.05, 0.1) is 6.54 Å². The van der Waals surface area contributed by atoms with Crippen LogP contribution in [0.5, 0.6) is 0 Å². The van der Waals surface area contributed by atoms with Crippen molar-refractivity contribution in [2.45, 2.75) is 52.6 Å². The molecule has 2 aliphatic rings. The number of fused-ring (bicyclic) bond motifs is 2. The Bertz CT molecular complexity index is 915. The molecule has 1 aromatic carbocycles. The zero-order valence-corrected chi connectivity index (χ0v) is 16.4. The molecule has 0 spiro atoms. The average Bonchev–Trinajstić information content (AvgIpc) is 2.98. The molecule has 0 unspecified atom stereocenters. The SMILES string of the molecule is CC1(C)[C@H]2CC[C@@]1(C)[C@@H](NC(=O)c1cccn(Cc3ccccc3)c1=O)C2. The molecule has 0 radical (unpaired) electrons. The van der Waals surface area contributed by atoms with Gasteiger partial charge in [-0.05, 0) is 53.7 Å². The Hall–Kier alpha value is -2.36.